The fourth-order valence-corrected chi connectivity index (χ4v) is 2.17. The van der Waals surface area contributed by atoms with Crippen molar-refractivity contribution in [1.29, 1.82) is 0 Å². The van der Waals surface area contributed by atoms with Crippen molar-refractivity contribution in [2.75, 3.05) is 0 Å². The number of carbonyl (C=O) groups excluding carboxylic acids is 1. The summed E-state index contributed by atoms with van der Waals surface area (Å²) >= 11 is 0. The third kappa shape index (κ3) is 4.72. The summed E-state index contributed by atoms with van der Waals surface area (Å²) in [6, 6.07) is 6.60. The van der Waals surface area contributed by atoms with Crippen LogP contribution in [0, 0.1) is 19.8 Å². The van der Waals surface area contributed by atoms with Gasteiger partial charge in [-0.05, 0) is 49.3 Å². The van der Waals surface area contributed by atoms with Gasteiger partial charge in [0.1, 0.15) is 5.78 Å². The molecule has 0 bridgehead atoms. The average molecular weight is 232 g/mol. The number of Topliss-reactive ketones (excluding diaryl/α,β-unsaturated/α-hetero) is 1. The van der Waals surface area contributed by atoms with Gasteiger partial charge in [-0.2, -0.15) is 0 Å². The molecule has 0 spiro atoms. The van der Waals surface area contributed by atoms with Crippen LogP contribution >= 0.6 is 0 Å². The summed E-state index contributed by atoms with van der Waals surface area (Å²) in [4.78, 5) is 11.6. The van der Waals surface area contributed by atoms with Crippen LogP contribution in [0.2, 0.25) is 0 Å². The van der Waals surface area contributed by atoms with Crippen molar-refractivity contribution in [2.24, 2.45) is 5.92 Å². The van der Waals surface area contributed by atoms with Gasteiger partial charge in [0, 0.05) is 12.8 Å². The first-order valence-corrected chi connectivity index (χ1v) is 6.60. The van der Waals surface area contributed by atoms with Gasteiger partial charge >= 0.3 is 0 Å². The van der Waals surface area contributed by atoms with Gasteiger partial charge in [-0.3, -0.25) is 4.79 Å². The van der Waals surface area contributed by atoms with E-state index in [4.69, 9.17) is 0 Å². The van der Waals surface area contributed by atoms with Crippen molar-refractivity contribution in [1.82, 2.24) is 0 Å². The summed E-state index contributed by atoms with van der Waals surface area (Å²) in [5, 5.41) is 0. The number of rotatable bonds is 6. The maximum atomic E-state index is 11.6. The lowest BCUT2D eigenvalue weighted by molar-refractivity contribution is -0.119. The van der Waals surface area contributed by atoms with Crippen LogP contribution in [0.3, 0.4) is 0 Å². The number of hydrogen-bond donors (Lipinski definition) is 0. The van der Waals surface area contributed by atoms with Crippen LogP contribution < -0.4 is 0 Å². The minimum absolute atomic E-state index is 0.406. The summed E-state index contributed by atoms with van der Waals surface area (Å²) in [5.41, 5.74) is 4.03. The van der Waals surface area contributed by atoms with E-state index in [2.05, 4.69) is 45.9 Å². The highest BCUT2D eigenvalue weighted by Crippen LogP contribution is 2.16. The molecule has 0 amide bonds. The van der Waals surface area contributed by atoms with Gasteiger partial charge in [-0.1, -0.05) is 32.0 Å². The van der Waals surface area contributed by atoms with Crippen LogP contribution in [0.5, 0.6) is 0 Å². The maximum Gasteiger partial charge on any atom is 0.133 e. The lowest BCUT2D eigenvalue weighted by Crippen LogP contribution is -2.08. The summed E-state index contributed by atoms with van der Waals surface area (Å²) in [6.45, 7) is 8.51. The number of ketones is 1. The minimum Gasteiger partial charge on any atom is -0.300 e. The molecule has 0 N–H and O–H groups in total. The SMILES string of the molecule is CCCC(=O)CC(C)Cc1ccc(C)c(C)c1. The predicted molar refractivity (Wildman–Crippen MR) is 73.3 cm³/mol. The van der Waals surface area contributed by atoms with Crippen LogP contribution in [-0.2, 0) is 11.2 Å². The zero-order chi connectivity index (χ0) is 12.8. The highest BCUT2D eigenvalue weighted by Gasteiger charge is 2.09. The Kier molecular flexibility index (Phi) is 5.40. The molecule has 94 valence electrons. The third-order valence-electron chi connectivity index (χ3n) is 3.26. The molecule has 0 saturated heterocycles. The molecule has 17 heavy (non-hydrogen) atoms. The topological polar surface area (TPSA) is 17.1 Å². The van der Waals surface area contributed by atoms with Crippen LogP contribution in [0.25, 0.3) is 0 Å². The van der Waals surface area contributed by atoms with Crippen molar-refractivity contribution in [2.45, 2.75) is 53.4 Å². The van der Waals surface area contributed by atoms with E-state index < -0.39 is 0 Å². The second-order valence-corrected chi connectivity index (χ2v) is 5.22. The molecule has 1 nitrogen and oxygen atoms in total. The molecule has 1 aromatic carbocycles. The first-order valence-electron chi connectivity index (χ1n) is 6.60. The number of carbonyl (C=O) groups is 1. The first-order chi connectivity index (χ1) is 8.02. The zero-order valence-electron chi connectivity index (χ0n) is 11.5. The molecule has 0 aliphatic carbocycles. The number of benzene rings is 1. The first kappa shape index (κ1) is 14.0. The van der Waals surface area contributed by atoms with Crippen molar-refractivity contribution >= 4 is 5.78 Å². The summed E-state index contributed by atoms with van der Waals surface area (Å²) in [6.07, 6.45) is 3.43. The van der Waals surface area contributed by atoms with Crippen molar-refractivity contribution < 1.29 is 4.79 Å². The van der Waals surface area contributed by atoms with E-state index in [1.165, 1.54) is 16.7 Å². The fourth-order valence-electron chi connectivity index (χ4n) is 2.17. The molecule has 0 aliphatic rings. The monoisotopic (exact) mass is 232 g/mol. The molecule has 1 rings (SSSR count). The molecule has 1 atom stereocenters. The van der Waals surface area contributed by atoms with E-state index in [-0.39, 0.29) is 0 Å². The standard InChI is InChI=1S/C16H24O/c1-5-6-16(17)10-12(2)9-15-8-7-13(3)14(4)11-15/h7-8,11-12H,5-6,9-10H2,1-4H3. The van der Waals surface area contributed by atoms with Crippen LogP contribution in [0.15, 0.2) is 18.2 Å². The van der Waals surface area contributed by atoms with Gasteiger partial charge < -0.3 is 0 Å². The van der Waals surface area contributed by atoms with Crippen LogP contribution in [0.1, 0.15) is 49.8 Å². The Hall–Kier alpha value is -1.11. The molecular formula is C16H24O. The normalized spacial score (nSPS) is 12.5. The van der Waals surface area contributed by atoms with Crippen LogP contribution in [0.4, 0.5) is 0 Å². The van der Waals surface area contributed by atoms with Gasteiger partial charge in [-0.25, -0.2) is 0 Å². The smallest absolute Gasteiger partial charge is 0.133 e. The Bertz CT molecular complexity index is 379. The van der Waals surface area contributed by atoms with Gasteiger partial charge in [0.05, 0.1) is 0 Å². The van der Waals surface area contributed by atoms with E-state index >= 15 is 0 Å². The quantitative estimate of drug-likeness (QED) is 0.717. The Morgan fingerprint density at radius 3 is 2.53 bits per heavy atom. The summed E-state index contributed by atoms with van der Waals surface area (Å²) < 4.78 is 0. The highest BCUT2D eigenvalue weighted by atomic mass is 16.1. The molecule has 0 radical (unpaired) electrons. The second-order valence-electron chi connectivity index (χ2n) is 5.22. The van der Waals surface area contributed by atoms with E-state index in [9.17, 15) is 4.79 Å². The van der Waals surface area contributed by atoms with E-state index in [0.29, 0.717) is 11.7 Å². The Labute approximate surface area is 105 Å². The molecule has 0 aromatic heterocycles. The predicted octanol–water partition coefficient (Wildman–Crippen LogP) is 4.24. The molecule has 0 saturated carbocycles. The Balaban J connectivity index is 2.53. The van der Waals surface area contributed by atoms with E-state index in [1.807, 2.05) is 0 Å². The van der Waals surface area contributed by atoms with Gasteiger partial charge in [0.15, 0.2) is 0 Å². The van der Waals surface area contributed by atoms with Crippen molar-refractivity contribution in [3.8, 4) is 0 Å². The van der Waals surface area contributed by atoms with Crippen molar-refractivity contribution in [3.05, 3.63) is 34.9 Å². The lowest BCUT2D eigenvalue weighted by Gasteiger charge is -2.11. The molecule has 1 unspecified atom stereocenters. The molecule has 0 fully saturated rings. The lowest BCUT2D eigenvalue weighted by atomic mass is 9.93. The second kappa shape index (κ2) is 6.58. The summed E-state index contributed by atoms with van der Waals surface area (Å²) in [5.74, 6) is 0.861. The van der Waals surface area contributed by atoms with E-state index in [0.717, 1.165) is 25.7 Å². The Morgan fingerprint density at radius 2 is 1.94 bits per heavy atom. The maximum absolute atomic E-state index is 11.6. The zero-order valence-corrected chi connectivity index (χ0v) is 11.5. The largest absolute Gasteiger partial charge is 0.300 e. The average Bonchev–Trinajstić information content (AvgIpc) is 2.23. The minimum atomic E-state index is 0.406. The third-order valence-corrected chi connectivity index (χ3v) is 3.26. The molecule has 0 aliphatic heterocycles. The number of aryl methyl sites for hydroxylation is 2. The van der Waals surface area contributed by atoms with Gasteiger partial charge in [0.2, 0.25) is 0 Å². The summed E-state index contributed by atoms with van der Waals surface area (Å²) in [7, 11) is 0. The van der Waals surface area contributed by atoms with Gasteiger partial charge in [0.25, 0.3) is 0 Å². The van der Waals surface area contributed by atoms with Crippen molar-refractivity contribution in [3.63, 3.8) is 0 Å². The molecular weight excluding hydrogens is 208 g/mol. The van der Waals surface area contributed by atoms with Crippen LogP contribution in [-0.4, -0.2) is 5.78 Å². The Morgan fingerprint density at radius 1 is 1.24 bits per heavy atom. The van der Waals surface area contributed by atoms with Gasteiger partial charge in [-0.15, -0.1) is 0 Å². The fraction of sp³-hybridized carbons (Fsp3) is 0.562. The van der Waals surface area contributed by atoms with E-state index in [1.54, 1.807) is 0 Å². The number of hydrogen-bond acceptors (Lipinski definition) is 1. The molecule has 0 heterocycles. The highest BCUT2D eigenvalue weighted by molar-refractivity contribution is 5.78. The molecule has 1 aromatic rings. The molecule has 1 heteroatoms.